The Hall–Kier alpha value is -2.15. The van der Waals surface area contributed by atoms with Crippen molar-refractivity contribution in [2.75, 3.05) is 26.4 Å². The number of carbonyl (C=O) groups excluding carboxylic acids is 1. The van der Waals surface area contributed by atoms with Crippen LogP contribution in [0.1, 0.15) is 25.7 Å². The van der Waals surface area contributed by atoms with Crippen molar-refractivity contribution >= 4 is 11.9 Å². The Morgan fingerprint density at radius 1 is 1.28 bits per heavy atom. The number of hydrogen-bond acceptors (Lipinski definition) is 4. The van der Waals surface area contributed by atoms with Gasteiger partial charge in [0.2, 0.25) is 5.91 Å². The Kier molecular flexibility index (Phi) is 7.66. The Morgan fingerprint density at radius 3 is 2.60 bits per heavy atom. The number of carbonyl (C=O) groups is 2. The number of carboxylic acids is 1. The van der Waals surface area contributed by atoms with Crippen molar-refractivity contribution in [2.45, 2.75) is 25.7 Å². The molecule has 1 aliphatic heterocycles. The van der Waals surface area contributed by atoms with Gasteiger partial charge < -0.3 is 19.9 Å². The van der Waals surface area contributed by atoms with E-state index >= 15 is 0 Å². The molecule has 1 aromatic carbocycles. The molecule has 2 rings (SSSR count). The fourth-order valence-electron chi connectivity index (χ4n) is 2.84. The molecule has 138 valence electrons. The lowest BCUT2D eigenvalue weighted by molar-refractivity contribution is -0.145. The number of ether oxygens (including phenoxy) is 2. The summed E-state index contributed by atoms with van der Waals surface area (Å²) in [5.74, 6) is -1.40. The fourth-order valence-corrected chi connectivity index (χ4v) is 2.84. The lowest BCUT2D eigenvalue weighted by atomic mass is 9.86. The minimum absolute atomic E-state index is 0.0355. The molecule has 7 heteroatoms. The van der Waals surface area contributed by atoms with Gasteiger partial charge in [-0.1, -0.05) is 0 Å². The van der Waals surface area contributed by atoms with Crippen LogP contribution in [0.4, 0.5) is 4.39 Å². The first kappa shape index (κ1) is 19.2. The van der Waals surface area contributed by atoms with E-state index in [1.807, 2.05) is 0 Å². The van der Waals surface area contributed by atoms with Gasteiger partial charge in [0.25, 0.3) is 0 Å². The van der Waals surface area contributed by atoms with Gasteiger partial charge in [-0.15, -0.1) is 0 Å². The average Bonchev–Trinajstić information content (AvgIpc) is 2.61. The van der Waals surface area contributed by atoms with Crippen LogP contribution in [0.15, 0.2) is 24.3 Å². The largest absolute Gasteiger partial charge is 0.494 e. The maximum Gasteiger partial charge on any atom is 0.308 e. The van der Waals surface area contributed by atoms with Gasteiger partial charge in [-0.25, -0.2) is 4.39 Å². The number of rotatable bonds is 9. The molecule has 1 amide bonds. The molecular formula is C18H24FNO5. The van der Waals surface area contributed by atoms with E-state index in [9.17, 15) is 19.1 Å². The Morgan fingerprint density at radius 2 is 1.96 bits per heavy atom. The van der Waals surface area contributed by atoms with E-state index in [4.69, 9.17) is 9.47 Å². The molecule has 0 spiro atoms. The van der Waals surface area contributed by atoms with Gasteiger partial charge in [0.1, 0.15) is 11.6 Å². The predicted octanol–water partition coefficient (Wildman–Crippen LogP) is 2.23. The molecule has 1 unspecified atom stereocenters. The molecule has 25 heavy (non-hydrogen) atoms. The summed E-state index contributed by atoms with van der Waals surface area (Å²) in [7, 11) is 0. The molecule has 6 nitrogen and oxygen atoms in total. The summed E-state index contributed by atoms with van der Waals surface area (Å²) in [5, 5.41) is 12.1. The van der Waals surface area contributed by atoms with Crippen molar-refractivity contribution in [3.05, 3.63) is 30.1 Å². The Balaban J connectivity index is 1.65. The van der Waals surface area contributed by atoms with Gasteiger partial charge in [-0.2, -0.15) is 0 Å². The maximum atomic E-state index is 12.8. The minimum Gasteiger partial charge on any atom is -0.494 e. The number of hydrogen-bond donors (Lipinski definition) is 2. The van der Waals surface area contributed by atoms with E-state index in [-0.39, 0.29) is 30.6 Å². The minimum atomic E-state index is -0.883. The average molecular weight is 353 g/mol. The molecule has 2 N–H and O–H groups in total. The third-order valence-electron chi connectivity index (χ3n) is 4.30. The molecule has 0 saturated carbocycles. The number of aliphatic carboxylic acids is 1. The van der Waals surface area contributed by atoms with Crippen LogP contribution in [0.5, 0.6) is 5.75 Å². The van der Waals surface area contributed by atoms with Gasteiger partial charge in [-0.05, 0) is 49.4 Å². The van der Waals surface area contributed by atoms with E-state index in [1.54, 1.807) is 0 Å². The number of carboxylic acid groups (broad SMARTS) is 1. The fraction of sp³-hybridized carbons (Fsp3) is 0.556. The van der Waals surface area contributed by atoms with Crippen molar-refractivity contribution in [3.8, 4) is 5.75 Å². The van der Waals surface area contributed by atoms with Crippen molar-refractivity contribution in [2.24, 2.45) is 11.8 Å². The predicted molar refractivity (Wildman–Crippen MR) is 88.8 cm³/mol. The van der Waals surface area contributed by atoms with E-state index in [0.29, 0.717) is 44.8 Å². The zero-order valence-electron chi connectivity index (χ0n) is 14.1. The second kappa shape index (κ2) is 9.98. The molecule has 0 aliphatic carbocycles. The van der Waals surface area contributed by atoms with Gasteiger partial charge >= 0.3 is 5.97 Å². The lowest BCUT2D eigenvalue weighted by Gasteiger charge is -2.27. The van der Waals surface area contributed by atoms with Gasteiger partial charge in [0.15, 0.2) is 0 Å². The molecule has 1 fully saturated rings. The molecule has 1 saturated heterocycles. The molecule has 0 aromatic heterocycles. The number of benzene rings is 1. The maximum absolute atomic E-state index is 12.8. The molecular weight excluding hydrogens is 329 g/mol. The summed E-state index contributed by atoms with van der Waals surface area (Å²) < 4.78 is 23.4. The highest BCUT2D eigenvalue weighted by Gasteiger charge is 2.29. The first-order chi connectivity index (χ1) is 12.1. The van der Waals surface area contributed by atoms with Crippen LogP contribution in [0.2, 0.25) is 0 Å². The third-order valence-corrected chi connectivity index (χ3v) is 4.30. The highest BCUT2D eigenvalue weighted by Crippen LogP contribution is 2.23. The molecule has 1 heterocycles. The quantitative estimate of drug-likeness (QED) is 0.665. The van der Waals surface area contributed by atoms with Crippen LogP contribution in [0.25, 0.3) is 0 Å². The summed E-state index contributed by atoms with van der Waals surface area (Å²) in [6.07, 6.45) is 2.16. The van der Waals surface area contributed by atoms with Crippen molar-refractivity contribution in [1.82, 2.24) is 5.32 Å². The SMILES string of the molecule is O=C(CCCOc1ccc(F)cc1)NCC(C(=O)O)C1CCOCC1. The standard InChI is InChI=1S/C18H24FNO5/c19-14-3-5-15(6-4-14)25-9-1-2-17(21)20-12-16(18(22)23)13-7-10-24-11-8-13/h3-6,13,16H,1-2,7-12H2,(H,20,21)(H,22,23). The van der Waals surface area contributed by atoms with Crippen LogP contribution >= 0.6 is 0 Å². The summed E-state index contributed by atoms with van der Waals surface area (Å²) in [6.45, 7) is 1.62. The van der Waals surface area contributed by atoms with Crippen molar-refractivity contribution in [3.63, 3.8) is 0 Å². The highest BCUT2D eigenvalue weighted by molar-refractivity contribution is 5.77. The first-order valence-electron chi connectivity index (χ1n) is 8.52. The summed E-state index contributed by atoms with van der Waals surface area (Å²) >= 11 is 0. The number of halogens is 1. The van der Waals surface area contributed by atoms with E-state index in [2.05, 4.69) is 5.32 Å². The zero-order valence-corrected chi connectivity index (χ0v) is 14.1. The number of nitrogens with one attached hydrogen (secondary N) is 1. The van der Waals surface area contributed by atoms with Gasteiger partial charge in [0, 0.05) is 26.2 Å². The van der Waals surface area contributed by atoms with Gasteiger partial charge in [-0.3, -0.25) is 9.59 Å². The van der Waals surface area contributed by atoms with Crippen LogP contribution in [-0.2, 0) is 14.3 Å². The number of amides is 1. The monoisotopic (exact) mass is 353 g/mol. The van der Waals surface area contributed by atoms with Crippen molar-refractivity contribution in [1.29, 1.82) is 0 Å². The van der Waals surface area contributed by atoms with Crippen LogP contribution < -0.4 is 10.1 Å². The third kappa shape index (κ3) is 6.70. The zero-order chi connectivity index (χ0) is 18.1. The molecule has 0 bridgehead atoms. The molecule has 1 aliphatic rings. The molecule has 1 atom stereocenters. The second-order valence-electron chi connectivity index (χ2n) is 6.10. The van der Waals surface area contributed by atoms with Crippen LogP contribution in [0, 0.1) is 17.7 Å². The smallest absolute Gasteiger partial charge is 0.308 e. The van der Waals surface area contributed by atoms with Crippen LogP contribution in [-0.4, -0.2) is 43.3 Å². The summed E-state index contributed by atoms with van der Waals surface area (Å²) in [6, 6.07) is 5.68. The molecule has 1 aromatic rings. The van der Waals surface area contributed by atoms with Crippen LogP contribution in [0.3, 0.4) is 0 Å². The molecule has 0 radical (unpaired) electrons. The van der Waals surface area contributed by atoms with E-state index in [0.717, 1.165) is 0 Å². The van der Waals surface area contributed by atoms with E-state index < -0.39 is 11.9 Å². The first-order valence-corrected chi connectivity index (χ1v) is 8.52. The highest BCUT2D eigenvalue weighted by atomic mass is 19.1. The topological polar surface area (TPSA) is 84.9 Å². The summed E-state index contributed by atoms with van der Waals surface area (Å²) in [4.78, 5) is 23.3. The van der Waals surface area contributed by atoms with Gasteiger partial charge in [0.05, 0.1) is 12.5 Å². The van der Waals surface area contributed by atoms with E-state index in [1.165, 1.54) is 24.3 Å². The lowest BCUT2D eigenvalue weighted by Crippen LogP contribution is -2.39. The Labute approximate surface area is 146 Å². The van der Waals surface area contributed by atoms with Crippen molar-refractivity contribution < 1.29 is 28.6 Å². The Bertz CT molecular complexity index is 557. The second-order valence-corrected chi connectivity index (χ2v) is 6.10. The summed E-state index contributed by atoms with van der Waals surface area (Å²) in [5.41, 5.74) is 0. The normalized spacial score (nSPS) is 16.2.